The molecule has 108 valence electrons. The van der Waals surface area contributed by atoms with E-state index in [0.717, 1.165) is 25.7 Å². The minimum atomic E-state index is -0.565. The summed E-state index contributed by atoms with van der Waals surface area (Å²) in [6.07, 6.45) is 6.67. The molecular formula is C13H24N4O2. The Morgan fingerprint density at radius 1 is 1.53 bits per heavy atom. The minimum absolute atomic E-state index is 0.417. The van der Waals surface area contributed by atoms with Crippen molar-refractivity contribution >= 4 is 5.69 Å². The van der Waals surface area contributed by atoms with Gasteiger partial charge in [-0.25, -0.2) is 0 Å². The molecule has 0 radical (unpaired) electrons. The van der Waals surface area contributed by atoms with Crippen LogP contribution >= 0.6 is 0 Å². The number of aromatic nitrogens is 2. The highest BCUT2D eigenvalue weighted by Gasteiger charge is 2.32. The van der Waals surface area contributed by atoms with Crippen molar-refractivity contribution in [3.8, 4) is 0 Å². The van der Waals surface area contributed by atoms with Crippen molar-refractivity contribution in [3.63, 3.8) is 0 Å². The lowest BCUT2D eigenvalue weighted by atomic mass is 10.0. The van der Waals surface area contributed by atoms with Crippen LogP contribution < -0.4 is 5.73 Å². The minimum Gasteiger partial charge on any atom is -0.396 e. The predicted molar refractivity (Wildman–Crippen MR) is 73.6 cm³/mol. The molecule has 0 bridgehead atoms. The van der Waals surface area contributed by atoms with Gasteiger partial charge in [-0.15, -0.1) is 0 Å². The third-order valence-corrected chi connectivity index (χ3v) is 3.67. The third-order valence-electron chi connectivity index (χ3n) is 3.67. The van der Waals surface area contributed by atoms with E-state index in [0.29, 0.717) is 25.3 Å². The van der Waals surface area contributed by atoms with E-state index in [1.54, 1.807) is 17.1 Å². The lowest BCUT2D eigenvalue weighted by Crippen LogP contribution is -2.42. The zero-order valence-electron chi connectivity index (χ0n) is 11.5. The molecule has 0 spiro atoms. The number of rotatable bonds is 6. The lowest BCUT2D eigenvalue weighted by Gasteiger charge is -2.29. The van der Waals surface area contributed by atoms with Crippen LogP contribution in [0.3, 0.4) is 0 Å². The van der Waals surface area contributed by atoms with Gasteiger partial charge in [0.2, 0.25) is 0 Å². The van der Waals surface area contributed by atoms with Gasteiger partial charge in [-0.05, 0) is 19.9 Å². The Hall–Kier alpha value is -1.11. The van der Waals surface area contributed by atoms with Crippen LogP contribution in [0.1, 0.15) is 25.7 Å². The first-order valence-corrected chi connectivity index (χ1v) is 6.84. The summed E-state index contributed by atoms with van der Waals surface area (Å²) < 4.78 is 1.64. The molecule has 0 aliphatic heterocycles. The molecule has 1 heterocycles. The van der Waals surface area contributed by atoms with Crippen LogP contribution in [0, 0.1) is 0 Å². The second-order valence-corrected chi connectivity index (χ2v) is 5.78. The largest absolute Gasteiger partial charge is 0.396 e. The van der Waals surface area contributed by atoms with Gasteiger partial charge < -0.3 is 20.8 Å². The lowest BCUT2D eigenvalue weighted by molar-refractivity contribution is 0.00301. The standard InChI is InChI=1S/C13H24N4O2/c1-16(10-13(19)4-2-3-5-13)8-12(18)9-17-7-11(14)6-15-17/h6-7,12,18-19H,2-5,8-10,14H2,1H3. The molecule has 1 aromatic heterocycles. The Bertz CT molecular complexity index is 401. The maximum Gasteiger partial charge on any atom is 0.0862 e. The number of anilines is 1. The summed E-state index contributed by atoms with van der Waals surface area (Å²) in [5, 5.41) is 24.4. The van der Waals surface area contributed by atoms with E-state index in [9.17, 15) is 10.2 Å². The van der Waals surface area contributed by atoms with E-state index in [-0.39, 0.29) is 0 Å². The molecule has 6 heteroatoms. The van der Waals surface area contributed by atoms with Gasteiger partial charge in [0.1, 0.15) is 0 Å². The van der Waals surface area contributed by atoms with Crippen molar-refractivity contribution in [2.45, 2.75) is 43.9 Å². The summed E-state index contributed by atoms with van der Waals surface area (Å²) in [5.74, 6) is 0. The Morgan fingerprint density at radius 2 is 2.21 bits per heavy atom. The van der Waals surface area contributed by atoms with E-state index in [1.807, 2.05) is 11.9 Å². The Kier molecular flexibility index (Phi) is 4.44. The second kappa shape index (κ2) is 5.90. The van der Waals surface area contributed by atoms with Crippen molar-refractivity contribution in [1.29, 1.82) is 0 Å². The van der Waals surface area contributed by atoms with Crippen LogP contribution in [0.4, 0.5) is 5.69 Å². The van der Waals surface area contributed by atoms with E-state index in [2.05, 4.69) is 5.10 Å². The highest BCUT2D eigenvalue weighted by atomic mass is 16.3. The monoisotopic (exact) mass is 268 g/mol. The topological polar surface area (TPSA) is 87.5 Å². The fraction of sp³-hybridized carbons (Fsp3) is 0.769. The van der Waals surface area contributed by atoms with Crippen molar-refractivity contribution < 1.29 is 10.2 Å². The fourth-order valence-electron chi connectivity index (χ4n) is 2.87. The summed E-state index contributed by atoms with van der Waals surface area (Å²) in [6.45, 7) is 1.55. The maximum absolute atomic E-state index is 10.3. The number of likely N-dealkylation sites (N-methyl/N-ethyl adjacent to an activating group) is 1. The van der Waals surface area contributed by atoms with Crippen molar-refractivity contribution in [2.75, 3.05) is 25.9 Å². The molecule has 1 saturated carbocycles. The highest BCUT2D eigenvalue weighted by molar-refractivity contribution is 5.30. The maximum atomic E-state index is 10.3. The molecule has 2 rings (SSSR count). The van der Waals surface area contributed by atoms with Gasteiger partial charge in [0, 0.05) is 19.3 Å². The zero-order valence-corrected chi connectivity index (χ0v) is 11.5. The van der Waals surface area contributed by atoms with Crippen molar-refractivity contribution in [2.24, 2.45) is 0 Å². The molecule has 0 aromatic carbocycles. The molecule has 0 saturated heterocycles. The number of hydrogen-bond acceptors (Lipinski definition) is 5. The summed E-state index contributed by atoms with van der Waals surface area (Å²) in [4.78, 5) is 1.99. The van der Waals surface area contributed by atoms with Gasteiger partial charge >= 0.3 is 0 Å². The molecule has 1 atom stereocenters. The molecule has 1 fully saturated rings. The highest BCUT2D eigenvalue weighted by Crippen LogP contribution is 2.29. The van der Waals surface area contributed by atoms with Crippen LogP contribution in [-0.2, 0) is 6.54 Å². The predicted octanol–water partition coefficient (Wildman–Crippen LogP) is 0.0631. The van der Waals surface area contributed by atoms with E-state index in [4.69, 9.17) is 5.73 Å². The van der Waals surface area contributed by atoms with Gasteiger partial charge in [0.25, 0.3) is 0 Å². The number of nitrogens with zero attached hydrogens (tertiary/aromatic N) is 3. The smallest absolute Gasteiger partial charge is 0.0862 e. The number of nitrogen functional groups attached to an aromatic ring is 1. The molecule has 1 unspecified atom stereocenters. The quantitative estimate of drug-likeness (QED) is 0.679. The second-order valence-electron chi connectivity index (χ2n) is 5.78. The SMILES string of the molecule is CN(CC(O)Cn1cc(N)cn1)CC1(O)CCCC1. The van der Waals surface area contributed by atoms with Gasteiger partial charge in [-0.1, -0.05) is 12.8 Å². The molecule has 4 N–H and O–H groups in total. The molecule has 0 amide bonds. The number of hydrogen-bond donors (Lipinski definition) is 3. The van der Waals surface area contributed by atoms with Gasteiger partial charge in [-0.3, -0.25) is 4.68 Å². The fourth-order valence-corrected chi connectivity index (χ4v) is 2.87. The van der Waals surface area contributed by atoms with Crippen molar-refractivity contribution in [3.05, 3.63) is 12.4 Å². The third kappa shape index (κ3) is 4.19. The first-order valence-electron chi connectivity index (χ1n) is 6.84. The van der Waals surface area contributed by atoms with E-state index >= 15 is 0 Å². The molecule has 1 aromatic rings. The molecule has 1 aliphatic carbocycles. The zero-order chi connectivity index (χ0) is 13.9. The van der Waals surface area contributed by atoms with Crippen LogP contribution in [0.15, 0.2) is 12.4 Å². The van der Waals surface area contributed by atoms with Crippen LogP contribution in [0.2, 0.25) is 0 Å². The van der Waals surface area contributed by atoms with Gasteiger partial charge in [0.15, 0.2) is 0 Å². The molecule has 19 heavy (non-hydrogen) atoms. The summed E-state index contributed by atoms with van der Waals surface area (Å²) >= 11 is 0. The van der Waals surface area contributed by atoms with Crippen LogP contribution in [0.5, 0.6) is 0 Å². The van der Waals surface area contributed by atoms with Gasteiger partial charge in [-0.2, -0.15) is 5.10 Å². The molecule has 6 nitrogen and oxygen atoms in total. The Labute approximate surface area is 113 Å². The first kappa shape index (κ1) is 14.3. The summed E-state index contributed by atoms with van der Waals surface area (Å²) in [5.41, 5.74) is 5.61. The normalized spacial score (nSPS) is 20.0. The van der Waals surface area contributed by atoms with E-state index < -0.39 is 11.7 Å². The number of nitrogens with two attached hydrogens (primary N) is 1. The number of aliphatic hydroxyl groups is 2. The van der Waals surface area contributed by atoms with E-state index in [1.165, 1.54) is 0 Å². The van der Waals surface area contributed by atoms with Gasteiger partial charge in [0.05, 0.1) is 30.1 Å². The Balaban J connectivity index is 1.76. The van der Waals surface area contributed by atoms with Crippen molar-refractivity contribution in [1.82, 2.24) is 14.7 Å². The summed E-state index contributed by atoms with van der Waals surface area (Å²) in [6, 6.07) is 0. The van der Waals surface area contributed by atoms with Crippen LogP contribution in [-0.4, -0.2) is 56.7 Å². The average Bonchev–Trinajstić information content (AvgIpc) is 2.87. The summed E-state index contributed by atoms with van der Waals surface area (Å²) in [7, 11) is 1.93. The Morgan fingerprint density at radius 3 is 2.79 bits per heavy atom. The van der Waals surface area contributed by atoms with Crippen LogP contribution in [0.25, 0.3) is 0 Å². The first-order chi connectivity index (χ1) is 8.97. The molecular weight excluding hydrogens is 244 g/mol. The number of aliphatic hydroxyl groups excluding tert-OH is 1. The molecule has 1 aliphatic rings. The average molecular weight is 268 g/mol.